The molecule has 0 fully saturated rings. The lowest BCUT2D eigenvalue weighted by atomic mass is 10.2. The molecule has 0 aliphatic heterocycles. The number of aldehydes is 1. The average Bonchev–Trinajstić information content (AvgIpc) is 2.86. The molecule has 100 valence electrons. The summed E-state index contributed by atoms with van der Waals surface area (Å²) in [5.74, 6) is 0.446. The second-order valence-corrected chi connectivity index (χ2v) is 4.30. The van der Waals surface area contributed by atoms with Crippen molar-refractivity contribution in [3.8, 4) is 5.75 Å². The van der Waals surface area contributed by atoms with Crippen LogP contribution < -0.4 is 4.74 Å². The Bertz CT molecular complexity index is 581. The second-order valence-electron chi connectivity index (χ2n) is 4.30. The maximum absolute atomic E-state index is 13.5. The van der Waals surface area contributed by atoms with Crippen molar-refractivity contribution >= 4 is 6.29 Å². The van der Waals surface area contributed by atoms with Gasteiger partial charge >= 0.3 is 0 Å². The summed E-state index contributed by atoms with van der Waals surface area (Å²) in [6.45, 7) is 3.86. The largest absolute Gasteiger partial charge is 0.481 e. The van der Waals surface area contributed by atoms with Crippen LogP contribution in [0, 0.1) is 5.82 Å². The fraction of sp³-hybridized carbons (Fsp3) is 0.308. The Morgan fingerprint density at radius 1 is 1.47 bits per heavy atom. The monoisotopic (exact) mass is 264 g/mol. The van der Waals surface area contributed by atoms with E-state index in [4.69, 9.17) is 9.26 Å². The lowest BCUT2D eigenvalue weighted by Gasteiger charge is -2.04. The van der Waals surface area contributed by atoms with Crippen LogP contribution in [0.4, 0.5) is 4.39 Å². The maximum Gasteiger partial charge on any atom is 0.264 e. The molecule has 0 saturated heterocycles. The van der Waals surface area contributed by atoms with Crippen molar-refractivity contribution in [3.63, 3.8) is 0 Å². The van der Waals surface area contributed by atoms with Gasteiger partial charge in [-0.1, -0.05) is 19.0 Å². The number of carbonyl (C=O) groups excluding carboxylic acids is 1. The highest BCUT2D eigenvalue weighted by Gasteiger charge is 2.11. The molecule has 1 aromatic heterocycles. The minimum absolute atomic E-state index is 0.0168. The van der Waals surface area contributed by atoms with Gasteiger partial charge in [-0.05, 0) is 18.2 Å². The van der Waals surface area contributed by atoms with Gasteiger partial charge in [-0.3, -0.25) is 4.79 Å². The van der Waals surface area contributed by atoms with Gasteiger partial charge in [-0.25, -0.2) is 4.39 Å². The van der Waals surface area contributed by atoms with Crippen LogP contribution in [0.2, 0.25) is 0 Å². The van der Waals surface area contributed by atoms with Gasteiger partial charge in [0, 0.05) is 11.5 Å². The molecule has 1 aromatic carbocycles. The fourth-order valence-corrected chi connectivity index (χ4v) is 1.41. The highest BCUT2D eigenvalue weighted by Crippen LogP contribution is 2.19. The number of hydrogen-bond donors (Lipinski definition) is 0. The molecule has 2 rings (SSSR count). The molecule has 0 amide bonds. The first-order valence-electron chi connectivity index (χ1n) is 5.80. The summed E-state index contributed by atoms with van der Waals surface area (Å²) in [6, 6.07) is 3.97. The molecular formula is C13H13FN2O3. The van der Waals surface area contributed by atoms with Crippen LogP contribution in [-0.2, 0) is 6.61 Å². The van der Waals surface area contributed by atoms with Crippen LogP contribution in [0.25, 0.3) is 0 Å². The highest BCUT2D eigenvalue weighted by molar-refractivity contribution is 5.74. The van der Waals surface area contributed by atoms with Crippen molar-refractivity contribution in [1.82, 2.24) is 10.1 Å². The van der Waals surface area contributed by atoms with E-state index in [9.17, 15) is 9.18 Å². The average molecular weight is 264 g/mol. The topological polar surface area (TPSA) is 65.2 Å². The van der Waals surface area contributed by atoms with Crippen molar-refractivity contribution in [2.75, 3.05) is 0 Å². The van der Waals surface area contributed by atoms with Crippen molar-refractivity contribution in [1.29, 1.82) is 0 Å². The number of carbonyl (C=O) groups is 1. The first kappa shape index (κ1) is 13.2. The summed E-state index contributed by atoms with van der Waals surface area (Å²) < 4.78 is 23.7. The zero-order valence-electron chi connectivity index (χ0n) is 10.6. The SMILES string of the molecule is CC(C)c1noc(COc2ccc(C=O)cc2F)n1. The molecule has 0 saturated carbocycles. The molecule has 0 radical (unpaired) electrons. The van der Waals surface area contributed by atoms with Crippen LogP contribution in [-0.4, -0.2) is 16.4 Å². The van der Waals surface area contributed by atoms with Gasteiger partial charge in [0.25, 0.3) is 5.89 Å². The van der Waals surface area contributed by atoms with Gasteiger partial charge in [0.2, 0.25) is 0 Å². The summed E-state index contributed by atoms with van der Waals surface area (Å²) in [4.78, 5) is 14.6. The van der Waals surface area contributed by atoms with E-state index in [2.05, 4.69) is 10.1 Å². The summed E-state index contributed by atoms with van der Waals surface area (Å²) in [5, 5.41) is 3.77. The molecule has 1 heterocycles. The third-order valence-corrected chi connectivity index (χ3v) is 2.44. The Morgan fingerprint density at radius 2 is 2.26 bits per heavy atom. The number of nitrogens with zero attached hydrogens (tertiary/aromatic N) is 2. The van der Waals surface area contributed by atoms with Crippen molar-refractivity contribution in [2.45, 2.75) is 26.4 Å². The maximum atomic E-state index is 13.5. The van der Waals surface area contributed by atoms with Crippen LogP contribution in [0.5, 0.6) is 5.75 Å². The van der Waals surface area contributed by atoms with Gasteiger partial charge < -0.3 is 9.26 Å². The number of halogens is 1. The highest BCUT2D eigenvalue weighted by atomic mass is 19.1. The van der Waals surface area contributed by atoms with Gasteiger partial charge in [-0.2, -0.15) is 4.98 Å². The molecule has 0 spiro atoms. The molecule has 2 aromatic rings. The molecule has 0 atom stereocenters. The van der Waals surface area contributed by atoms with Crippen molar-refractivity contribution in [3.05, 3.63) is 41.3 Å². The predicted octanol–water partition coefficient (Wildman–Crippen LogP) is 2.72. The number of aromatic nitrogens is 2. The molecule has 6 heteroatoms. The molecule has 0 aliphatic carbocycles. The Morgan fingerprint density at radius 3 is 2.84 bits per heavy atom. The third-order valence-electron chi connectivity index (χ3n) is 2.44. The minimum atomic E-state index is -0.604. The number of hydrogen-bond acceptors (Lipinski definition) is 5. The molecule has 5 nitrogen and oxygen atoms in total. The lowest BCUT2D eigenvalue weighted by Crippen LogP contribution is -1.99. The van der Waals surface area contributed by atoms with Crippen LogP contribution in [0.1, 0.15) is 41.8 Å². The minimum Gasteiger partial charge on any atom is -0.481 e. The van der Waals surface area contributed by atoms with Crippen LogP contribution in [0.3, 0.4) is 0 Å². The van der Waals surface area contributed by atoms with E-state index >= 15 is 0 Å². The fourth-order valence-electron chi connectivity index (χ4n) is 1.41. The summed E-state index contributed by atoms with van der Waals surface area (Å²) in [5.41, 5.74) is 0.254. The molecule has 0 unspecified atom stereocenters. The Balaban J connectivity index is 2.03. The van der Waals surface area contributed by atoms with E-state index in [-0.39, 0.29) is 29.7 Å². The molecular weight excluding hydrogens is 251 g/mol. The quantitative estimate of drug-likeness (QED) is 0.777. The van der Waals surface area contributed by atoms with E-state index in [0.29, 0.717) is 12.1 Å². The van der Waals surface area contributed by atoms with E-state index in [1.54, 1.807) is 0 Å². The van der Waals surface area contributed by atoms with Crippen LogP contribution in [0.15, 0.2) is 22.7 Å². The molecule has 0 N–H and O–H groups in total. The number of benzene rings is 1. The number of rotatable bonds is 5. The van der Waals surface area contributed by atoms with Crippen LogP contribution >= 0.6 is 0 Å². The van der Waals surface area contributed by atoms with Gasteiger partial charge in [0.15, 0.2) is 24.0 Å². The lowest BCUT2D eigenvalue weighted by molar-refractivity contribution is 0.112. The molecule has 0 aliphatic rings. The summed E-state index contributed by atoms with van der Waals surface area (Å²) in [6.07, 6.45) is 0.569. The molecule has 0 bridgehead atoms. The van der Waals surface area contributed by atoms with E-state index in [1.165, 1.54) is 12.1 Å². The van der Waals surface area contributed by atoms with Crippen molar-refractivity contribution < 1.29 is 18.4 Å². The van der Waals surface area contributed by atoms with E-state index < -0.39 is 5.82 Å². The number of ether oxygens (including phenoxy) is 1. The smallest absolute Gasteiger partial charge is 0.264 e. The van der Waals surface area contributed by atoms with Gasteiger partial charge in [0.1, 0.15) is 6.29 Å². The Kier molecular flexibility index (Phi) is 3.89. The van der Waals surface area contributed by atoms with Gasteiger partial charge in [-0.15, -0.1) is 0 Å². The zero-order valence-corrected chi connectivity index (χ0v) is 10.6. The standard InChI is InChI=1S/C13H13FN2O3/c1-8(2)13-15-12(19-16-13)7-18-11-4-3-9(6-17)5-10(11)14/h3-6,8H,7H2,1-2H3. The van der Waals surface area contributed by atoms with E-state index in [1.807, 2.05) is 13.8 Å². The summed E-state index contributed by atoms with van der Waals surface area (Å²) in [7, 11) is 0. The predicted molar refractivity (Wildman–Crippen MR) is 64.5 cm³/mol. The first-order chi connectivity index (χ1) is 9.10. The third kappa shape index (κ3) is 3.15. The Hall–Kier alpha value is -2.24. The van der Waals surface area contributed by atoms with E-state index in [0.717, 1.165) is 6.07 Å². The first-order valence-corrected chi connectivity index (χ1v) is 5.80. The normalized spacial score (nSPS) is 10.7. The second kappa shape index (κ2) is 5.60. The zero-order chi connectivity index (χ0) is 13.8. The summed E-state index contributed by atoms with van der Waals surface area (Å²) >= 11 is 0. The van der Waals surface area contributed by atoms with Crippen molar-refractivity contribution in [2.24, 2.45) is 0 Å². The Labute approximate surface area is 109 Å². The van der Waals surface area contributed by atoms with Gasteiger partial charge in [0.05, 0.1) is 0 Å². The molecule has 19 heavy (non-hydrogen) atoms.